The van der Waals surface area contributed by atoms with Gasteiger partial charge in [-0.25, -0.2) is 9.78 Å². The van der Waals surface area contributed by atoms with Crippen molar-refractivity contribution in [2.24, 2.45) is 13.0 Å². The van der Waals surface area contributed by atoms with Crippen molar-refractivity contribution in [1.29, 1.82) is 5.26 Å². The number of nitrogens with zero attached hydrogens (tertiary/aromatic N) is 4. The summed E-state index contributed by atoms with van der Waals surface area (Å²) in [4.78, 5) is 28.3. The number of rotatable bonds is 5. The van der Waals surface area contributed by atoms with Crippen molar-refractivity contribution in [2.45, 2.75) is 13.5 Å². The SMILES string of the molecule is COC(=O)C(C)Cn1c(=O)n(C)c2ccc(Nc3ccnc(Cl)c3C#N)cc21. The van der Waals surface area contributed by atoms with E-state index in [4.69, 9.17) is 16.3 Å². The molecule has 0 amide bonds. The summed E-state index contributed by atoms with van der Waals surface area (Å²) in [6, 6.07) is 9.05. The molecule has 1 atom stereocenters. The third-order valence-electron chi connectivity index (χ3n) is 4.50. The van der Waals surface area contributed by atoms with Crippen molar-refractivity contribution in [1.82, 2.24) is 14.1 Å². The molecule has 0 saturated heterocycles. The maximum Gasteiger partial charge on any atom is 0.328 e. The minimum atomic E-state index is -0.478. The van der Waals surface area contributed by atoms with Crippen LogP contribution >= 0.6 is 11.6 Å². The number of ether oxygens (including phenoxy) is 1. The second-order valence-corrected chi connectivity index (χ2v) is 6.70. The van der Waals surface area contributed by atoms with Crippen molar-refractivity contribution in [3.8, 4) is 6.07 Å². The topological polar surface area (TPSA) is 102 Å². The molecule has 0 aliphatic rings. The smallest absolute Gasteiger partial charge is 0.328 e. The molecule has 0 aliphatic heterocycles. The van der Waals surface area contributed by atoms with Crippen molar-refractivity contribution >= 4 is 40.0 Å². The third-order valence-corrected chi connectivity index (χ3v) is 4.79. The Morgan fingerprint density at radius 1 is 1.39 bits per heavy atom. The van der Waals surface area contributed by atoms with Gasteiger partial charge in [-0.2, -0.15) is 5.26 Å². The number of carbonyl (C=O) groups is 1. The first-order valence-electron chi connectivity index (χ1n) is 8.46. The molecule has 9 heteroatoms. The van der Waals surface area contributed by atoms with Crippen LogP contribution in [0.4, 0.5) is 11.4 Å². The Morgan fingerprint density at radius 2 is 2.14 bits per heavy atom. The lowest BCUT2D eigenvalue weighted by Crippen LogP contribution is -2.27. The second kappa shape index (κ2) is 7.74. The molecule has 144 valence electrons. The van der Waals surface area contributed by atoms with E-state index in [1.54, 1.807) is 38.2 Å². The Kier molecular flexibility index (Phi) is 5.38. The van der Waals surface area contributed by atoms with Gasteiger partial charge in [-0.3, -0.25) is 13.9 Å². The van der Waals surface area contributed by atoms with E-state index in [-0.39, 0.29) is 28.9 Å². The van der Waals surface area contributed by atoms with Crippen molar-refractivity contribution < 1.29 is 9.53 Å². The number of fused-ring (bicyclic) bond motifs is 1. The molecule has 8 nitrogen and oxygen atoms in total. The number of imidazole rings is 1. The van der Waals surface area contributed by atoms with E-state index in [0.717, 1.165) is 5.52 Å². The predicted octanol–water partition coefficient (Wildman–Crippen LogP) is 2.81. The molecule has 28 heavy (non-hydrogen) atoms. The third kappa shape index (κ3) is 3.44. The van der Waals surface area contributed by atoms with Gasteiger partial charge in [-0.15, -0.1) is 0 Å². The summed E-state index contributed by atoms with van der Waals surface area (Å²) in [6.45, 7) is 1.90. The Bertz CT molecular complexity index is 1160. The average Bonchev–Trinajstić information content (AvgIpc) is 2.92. The van der Waals surface area contributed by atoms with Crippen molar-refractivity contribution in [3.05, 3.63) is 51.7 Å². The number of esters is 1. The molecular formula is C19H18ClN5O3. The lowest BCUT2D eigenvalue weighted by molar-refractivity contribution is -0.145. The van der Waals surface area contributed by atoms with E-state index < -0.39 is 5.92 Å². The number of pyridine rings is 1. The molecule has 2 aromatic heterocycles. The molecule has 2 heterocycles. The molecule has 0 radical (unpaired) electrons. The number of carbonyl (C=O) groups excluding carboxylic acids is 1. The van der Waals surface area contributed by atoms with Crippen molar-refractivity contribution in [2.75, 3.05) is 12.4 Å². The van der Waals surface area contributed by atoms with Gasteiger partial charge < -0.3 is 10.1 Å². The summed E-state index contributed by atoms with van der Waals surface area (Å²) in [6.07, 6.45) is 1.50. The summed E-state index contributed by atoms with van der Waals surface area (Å²) in [7, 11) is 2.99. The minimum Gasteiger partial charge on any atom is -0.469 e. The molecule has 1 aromatic carbocycles. The summed E-state index contributed by atoms with van der Waals surface area (Å²) in [5, 5.41) is 12.5. The molecule has 0 saturated carbocycles. The molecule has 0 bridgehead atoms. The normalized spacial score (nSPS) is 11.8. The van der Waals surface area contributed by atoms with Crippen LogP contribution in [0.5, 0.6) is 0 Å². The van der Waals surface area contributed by atoms with E-state index in [9.17, 15) is 14.9 Å². The van der Waals surface area contributed by atoms with Crippen LogP contribution in [0.25, 0.3) is 11.0 Å². The number of anilines is 2. The fourth-order valence-electron chi connectivity index (χ4n) is 3.02. The van der Waals surface area contributed by atoms with Crippen LogP contribution in [0.2, 0.25) is 5.15 Å². The van der Waals surface area contributed by atoms with Gasteiger partial charge >= 0.3 is 11.7 Å². The average molecular weight is 400 g/mol. The highest BCUT2D eigenvalue weighted by Gasteiger charge is 2.19. The molecule has 3 rings (SSSR count). The number of hydrogen-bond acceptors (Lipinski definition) is 6. The lowest BCUT2D eigenvalue weighted by Gasteiger charge is -2.12. The van der Waals surface area contributed by atoms with Crippen LogP contribution in [-0.4, -0.2) is 27.2 Å². The Hall–Kier alpha value is -3.31. The summed E-state index contributed by atoms with van der Waals surface area (Å²) < 4.78 is 7.82. The number of methoxy groups -OCH3 is 1. The fraction of sp³-hybridized carbons (Fsp3) is 0.263. The van der Waals surface area contributed by atoms with Gasteiger partial charge in [0.15, 0.2) is 0 Å². The summed E-state index contributed by atoms with van der Waals surface area (Å²) >= 11 is 5.97. The van der Waals surface area contributed by atoms with Gasteiger partial charge in [0.1, 0.15) is 16.8 Å². The number of benzene rings is 1. The van der Waals surface area contributed by atoms with Crippen LogP contribution in [0.15, 0.2) is 35.3 Å². The number of hydrogen-bond donors (Lipinski definition) is 1. The van der Waals surface area contributed by atoms with Gasteiger partial charge in [0.2, 0.25) is 0 Å². The van der Waals surface area contributed by atoms with E-state index in [2.05, 4.69) is 10.3 Å². The Labute approximate surface area is 165 Å². The number of nitrogens with one attached hydrogen (secondary N) is 1. The molecular weight excluding hydrogens is 382 g/mol. The van der Waals surface area contributed by atoms with Gasteiger partial charge in [-0.1, -0.05) is 18.5 Å². The van der Waals surface area contributed by atoms with Gasteiger partial charge in [0.25, 0.3) is 0 Å². The molecule has 3 aromatic rings. The zero-order valence-electron chi connectivity index (χ0n) is 15.6. The maximum absolute atomic E-state index is 12.6. The number of aromatic nitrogens is 3. The number of halogens is 1. The molecule has 0 aliphatic carbocycles. The predicted molar refractivity (Wildman–Crippen MR) is 106 cm³/mol. The quantitative estimate of drug-likeness (QED) is 0.522. The van der Waals surface area contributed by atoms with E-state index in [1.807, 2.05) is 6.07 Å². The van der Waals surface area contributed by atoms with Crippen LogP contribution in [0, 0.1) is 17.2 Å². The molecule has 1 N–H and O–H groups in total. The van der Waals surface area contributed by atoms with E-state index in [0.29, 0.717) is 16.9 Å². The Morgan fingerprint density at radius 3 is 2.82 bits per heavy atom. The summed E-state index contributed by atoms with van der Waals surface area (Å²) in [5.41, 5.74) is 2.56. The second-order valence-electron chi connectivity index (χ2n) is 6.34. The summed E-state index contributed by atoms with van der Waals surface area (Å²) in [5.74, 6) is -0.864. The molecule has 0 fully saturated rings. The minimum absolute atomic E-state index is 0.108. The zero-order valence-corrected chi connectivity index (χ0v) is 16.3. The van der Waals surface area contributed by atoms with E-state index >= 15 is 0 Å². The first-order valence-corrected chi connectivity index (χ1v) is 8.84. The lowest BCUT2D eigenvalue weighted by atomic mass is 10.2. The largest absolute Gasteiger partial charge is 0.469 e. The van der Waals surface area contributed by atoms with E-state index in [1.165, 1.54) is 22.4 Å². The molecule has 0 spiro atoms. The Balaban J connectivity index is 2.05. The van der Waals surface area contributed by atoms with Crippen LogP contribution in [0.3, 0.4) is 0 Å². The van der Waals surface area contributed by atoms with Crippen LogP contribution in [-0.2, 0) is 23.1 Å². The van der Waals surface area contributed by atoms with Gasteiger partial charge in [0.05, 0.1) is 29.7 Å². The van der Waals surface area contributed by atoms with Crippen LogP contribution in [0.1, 0.15) is 12.5 Å². The van der Waals surface area contributed by atoms with Crippen molar-refractivity contribution in [3.63, 3.8) is 0 Å². The fourth-order valence-corrected chi connectivity index (χ4v) is 3.22. The standard InChI is InChI=1S/C19H18ClN5O3/c1-11(18(26)28-3)10-25-16-8-12(4-5-15(16)24(2)19(25)27)23-14-6-7-22-17(20)13(14)9-21/h4-8,11H,10H2,1-3H3,(H,22,23). The highest BCUT2D eigenvalue weighted by molar-refractivity contribution is 6.31. The monoisotopic (exact) mass is 399 g/mol. The number of nitriles is 1. The first-order chi connectivity index (χ1) is 13.4. The maximum atomic E-state index is 12.6. The highest BCUT2D eigenvalue weighted by Crippen LogP contribution is 2.27. The highest BCUT2D eigenvalue weighted by atomic mass is 35.5. The first kappa shape index (κ1) is 19.5. The number of aryl methyl sites for hydroxylation is 1. The zero-order chi connectivity index (χ0) is 20.4. The molecule has 1 unspecified atom stereocenters. The van der Waals surface area contributed by atoms with Gasteiger partial charge in [0, 0.05) is 25.5 Å². The van der Waals surface area contributed by atoms with Gasteiger partial charge in [-0.05, 0) is 24.3 Å². The van der Waals surface area contributed by atoms with Crippen LogP contribution < -0.4 is 11.0 Å².